The van der Waals surface area contributed by atoms with Crippen LogP contribution in [0.5, 0.6) is 0 Å². The number of aromatic nitrogens is 2. The summed E-state index contributed by atoms with van der Waals surface area (Å²) in [5, 5.41) is 3.06. The molecule has 0 saturated carbocycles. The number of benzene rings is 1. The molecule has 1 aromatic heterocycles. The summed E-state index contributed by atoms with van der Waals surface area (Å²) in [6.45, 7) is 0.765. The molecule has 20 heavy (non-hydrogen) atoms. The minimum atomic E-state index is -0.358. The molecule has 2 rings (SSSR count). The minimum Gasteiger partial charge on any atom is -0.308 e. The quantitative estimate of drug-likeness (QED) is 0.886. The maximum Gasteiger partial charge on any atom is 0.330 e. The van der Waals surface area contributed by atoms with Crippen molar-refractivity contribution < 1.29 is 4.39 Å². The average molecular weight is 277 g/mol. The van der Waals surface area contributed by atoms with E-state index in [4.69, 9.17) is 0 Å². The molecule has 2 aromatic rings. The number of halogens is 1. The average Bonchev–Trinajstić information content (AvgIpc) is 2.42. The lowest BCUT2D eigenvalue weighted by Gasteiger charge is -2.08. The van der Waals surface area contributed by atoms with E-state index in [2.05, 4.69) is 5.32 Å². The highest BCUT2D eigenvalue weighted by Gasteiger charge is 2.06. The third-order valence-corrected chi connectivity index (χ3v) is 3.05. The first kappa shape index (κ1) is 14.2. The number of hydrogen-bond acceptors (Lipinski definition) is 3. The van der Waals surface area contributed by atoms with E-state index < -0.39 is 0 Å². The van der Waals surface area contributed by atoms with Crippen LogP contribution in [0.15, 0.2) is 40.1 Å². The Morgan fingerprint density at radius 3 is 2.65 bits per heavy atom. The van der Waals surface area contributed by atoms with E-state index in [0.29, 0.717) is 18.7 Å². The Labute approximate surface area is 115 Å². The smallest absolute Gasteiger partial charge is 0.308 e. The molecule has 0 unspecified atom stereocenters. The van der Waals surface area contributed by atoms with Gasteiger partial charge in [-0.25, -0.2) is 9.18 Å². The van der Waals surface area contributed by atoms with Gasteiger partial charge in [-0.3, -0.25) is 9.36 Å². The fourth-order valence-electron chi connectivity index (χ4n) is 1.99. The SMILES string of the molecule is Cn1cc(CNCc2cccc(F)c2)c(=O)n(C)c1=O. The van der Waals surface area contributed by atoms with Gasteiger partial charge in [-0.1, -0.05) is 12.1 Å². The Morgan fingerprint density at radius 2 is 1.95 bits per heavy atom. The van der Waals surface area contributed by atoms with Crippen molar-refractivity contribution in [2.45, 2.75) is 13.1 Å². The first-order valence-electron chi connectivity index (χ1n) is 6.19. The Balaban J connectivity index is 2.09. The number of aryl methyl sites for hydroxylation is 1. The Bertz CT molecular complexity index is 734. The molecule has 5 nitrogen and oxygen atoms in total. The monoisotopic (exact) mass is 277 g/mol. The molecule has 0 amide bonds. The molecule has 6 heteroatoms. The first-order chi connectivity index (χ1) is 9.49. The van der Waals surface area contributed by atoms with Crippen LogP contribution in [0, 0.1) is 5.82 Å². The molecule has 0 fully saturated rings. The largest absolute Gasteiger partial charge is 0.330 e. The van der Waals surface area contributed by atoms with Crippen molar-refractivity contribution in [3.63, 3.8) is 0 Å². The van der Waals surface area contributed by atoms with Gasteiger partial charge in [0, 0.05) is 38.9 Å². The number of hydrogen-bond donors (Lipinski definition) is 1. The van der Waals surface area contributed by atoms with Gasteiger partial charge in [0.2, 0.25) is 0 Å². The predicted molar refractivity (Wildman–Crippen MR) is 73.9 cm³/mol. The normalized spacial score (nSPS) is 10.8. The van der Waals surface area contributed by atoms with Crippen LogP contribution >= 0.6 is 0 Å². The fraction of sp³-hybridized carbons (Fsp3) is 0.286. The lowest BCUT2D eigenvalue weighted by atomic mass is 10.2. The lowest BCUT2D eigenvalue weighted by Crippen LogP contribution is -2.39. The number of nitrogens with zero attached hydrogens (tertiary/aromatic N) is 2. The van der Waals surface area contributed by atoms with Crippen molar-refractivity contribution in [2.24, 2.45) is 14.1 Å². The van der Waals surface area contributed by atoms with Crippen molar-refractivity contribution in [2.75, 3.05) is 0 Å². The van der Waals surface area contributed by atoms with Gasteiger partial charge in [0.1, 0.15) is 5.82 Å². The van der Waals surface area contributed by atoms with Crippen molar-refractivity contribution in [3.05, 3.63) is 68.2 Å². The van der Waals surface area contributed by atoms with Crippen LogP contribution in [-0.4, -0.2) is 9.13 Å². The van der Waals surface area contributed by atoms with Crippen molar-refractivity contribution in [1.29, 1.82) is 0 Å². The molecule has 0 aliphatic heterocycles. The topological polar surface area (TPSA) is 56.0 Å². The summed E-state index contributed by atoms with van der Waals surface area (Å²) in [6.07, 6.45) is 1.52. The Morgan fingerprint density at radius 1 is 1.20 bits per heavy atom. The highest BCUT2D eigenvalue weighted by molar-refractivity contribution is 5.16. The van der Waals surface area contributed by atoms with Crippen LogP contribution < -0.4 is 16.6 Å². The van der Waals surface area contributed by atoms with Gasteiger partial charge in [0.25, 0.3) is 5.56 Å². The molecule has 0 radical (unpaired) electrons. The van der Waals surface area contributed by atoms with Crippen LogP contribution in [0.25, 0.3) is 0 Å². The summed E-state index contributed by atoms with van der Waals surface area (Å²) in [5.74, 6) is -0.290. The molecule has 0 bridgehead atoms. The molecule has 1 aromatic carbocycles. The van der Waals surface area contributed by atoms with E-state index in [9.17, 15) is 14.0 Å². The molecular formula is C14H16FN3O2. The van der Waals surface area contributed by atoms with Crippen LogP contribution in [0.4, 0.5) is 4.39 Å². The maximum absolute atomic E-state index is 13.0. The van der Waals surface area contributed by atoms with E-state index in [1.807, 2.05) is 0 Å². The summed E-state index contributed by atoms with van der Waals surface area (Å²) in [6, 6.07) is 6.25. The molecule has 0 spiro atoms. The Kier molecular flexibility index (Phi) is 4.14. The Hall–Kier alpha value is -2.21. The molecule has 0 aliphatic carbocycles. The van der Waals surface area contributed by atoms with E-state index in [-0.39, 0.29) is 17.1 Å². The lowest BCUT2D eigenvalue weighted by molar-refractivity contribution is 0.613. The van der Waals surface area contributed by atoms with Gasteiger partial charge in [0.15, 0.2) is 0 Å². The maximum atomic E-state index is 13.0. The molecule has 0 aliphatic rings. The molecular weight excluding hydrogens is 261 g/mol. The molecule has 0 atom stereocenters. The van der Waals surface area contributed by atoms with Crippen LogP contribution in [0.1, 0.15) is 11.1 Å². The summed E-state index contributed by atoms with van der Waals surface area (Å²) >= 11 is 0. The van der Waals surface area contributed by atoms with Gasteiger partial charge in [-0.15, -0.1) is 0 Å². The molecule has 1 heterocycles. The van der Waals surface area contributed by atoms with Crippen molar-refractivity contribution in [3.8, 4) is 0 Å². The highest BCUT2D eigenvalue weighted by Crippen LogP contribution is 2.03. The van der Waals surface area contributed by atoms with E-state index in [1.165, 1.54) is 29.9 Å². The summed E-state index contributed by atoms with van der Waals surface area (Å²) in [5.41, 5.74) is 0.612. The minimum absolute atomic E-state index is 0.290. The number of nitrogens with one attached hydrogen (secondary N) is 1. The van der Waals surface area contributed by atoms with Crippen LogP contribution in [-0.2, 0) is 27.2 Å². The second-order valence-corrected chi connectivity index (χ2v) is 4.65. The van der Waals surface area contributed by atoms with Crippen LogP contribution in [0.2, 0.25) is 0 Å². The van der Waals surface area contributed by atoms with Crippen molar-refractivity contribution >= 4 is 0 Å². The fourth-order valence-corrected chi connectivity index (χ4v) is 1.99. The zero-order valence-corrected chi connectivity index (χ0v) is 11.4. The van der Waals surface area contributed by atoms with Crippen molar-refractivity contribution in [1.82, 2.24) is 14.5 Å². The van der Waals surface area contributed by atoms with E-state index in [0.717, 1.165) is 10.1 Å². The first-order valence-corrected chi connectivity index (χ1v) is 6.19. The molecule has 1 N–H and O–H groups in total. The van der Waals surface area contributed by atoms with E-state index >= 15 is 0 Å². The highest BCUT2D eigenvalue weighted by atomic mass is 19.1. The van der Waals surface area contributed by atoms with Crippen LogP contribution in [0.3, 0.4) is 0 Å². The summed E-state index contributed by atoms with van der Waals surface area (Å²) in [7, 11) is 3.04. The second-order valence-electron chi connectivity index (χ2n) is 4.65. The third kappa shape index (κ3) is 3.03. The standard InChI is InChI=1S/C14H16FN3O2/c1-17-9-11(13(19)18(2)14(17)20)8-16-7-10-4-3-5-12(15)6-10/h3-6,9,16H,7-8H2,1-2H3. The summed E-state index contributed by atoms with van der Waals surface area (Å²) in [4.78, 5) is 23.4. The number of rotatable bonds is 4. The molecule has 0 saturated heterocycles. The third-order valence-electron chi connectivity index (χ3n) is 3.05. The second kappa shape index (κ2) is 5.83. The van der Waals surface area contributed by atoms with Gasteiger partial charge in [-0.05, 0) is 17.7 Å². The zero-order valence-electron chi connectivity index (χ0n) is 11.4. The van der Waals surface area contributed by atoms with Gasteiger partial charge in [-0.2, -0.15) is 0 Å². The summed E-state index contributed by atoms with van der Waals surface area (Å²) < 4.78 is 15.4. The van der Waals surface area contributed by atoms with E-state index in [1.54, 1.807) is 19.2 Å². The molecule has 106 valence electrons. The predicted octanol–water partition coefficient (Wildman–Crippen LogP) is 0.513. The zero-order chi connectivity index (χ0) is 14.7. The van der Waals surface area contributed by atoms with Gasteiger partial charge < -0.3 is 9.88 Å². The van der Waals surface area contributed by atoms with Gasteiger partial charge >= 0.3 is 5.69 Å². The van der Waals surface area contributed by atoms with Gasteiger partial charge in [0.05, 0.1) is 0 Å².